The summed E-state index contributed by atoms with van der Waals surface area (Å²) >= 11 is 0. The lowest BCUT2D eigenvalue weighted by Gasteiger charge is -1.98. The molecular formula is C13H13N3O3. The van der Waals surface area contributed by atoms with Crippen LogP contribution in [0.1, 0.15) is 29.4 Å². The molecule has 2 heterocycles. The average Bonchev–Trinajstić information content (AvgIpc) is 2.65. The fraction of sp³-hybridized carbons (Fsp3) is 0.231. The summed E-state index contributed by atoms with van der Waals surface area (Å²) in [7, 11) is 0. The van der Waals surface area contributed by atoms with E-state index < -0.39 is 11.3 Å². The zero-order valence-electron chi connectivity index (χ0n) is 10.6. The molecule has 0 aliphatic carbocycles. The van der Waals surface area contributed by atoms with Gasteiger partial charge in [0.25, 0.3) is 5.56 Å². The summed E-state index contributed by atoms with van der Waals surface area (Å²) in [5.41, 5.74) is -0.0368. The van der Waals surface area contributed by atoms with Crippen LogP contribution in [-0.4, -0.2) is 26.3 Å². The number of carbonyl (C=O) groups excluding carboxylic acids is 2. The maximum Gasteiger partial charge on any atom is 0.283 e. The number of carbonyl (C=O) groups is 2. The van der Waals surface area contributed by atoms with E-state index in [-0.39, 0.29) is 17.8 Å². The first kappa shape index (κ1) is 12.9. The van der Waals surface area contributed by atoms with Crippen LogP contribution in [0.4, 0.5) is 0 Å². The van der Waals surface area contributed by atoms with Gasteiger partial charge in [-0.2, -0.15) is 0 Å². The maximum atomic E-state index is 12.2. The molecule has 0 bridgehead atoms. The minimum Gasteiger partial charge on any atom is -0.300 e. The van der Waals surface area contributed by atoms with E-state index in [2.05, 4.69) is 10.1 Å². The number of aromatic nitrogens is 3. The largest absolute Gasteiger partial charge is 0.300 e. The summed E-state index contributed by atoms with van der Waals surface area (Å²) in [6.07, 6.45) is 1.28. The lowest BCUT2D eigenvalue weighted by atomic mass is 10.1. The van der Waals surface area contributed by atoms with Gasteiger partial charge in [0.1, 0.15) is 11.3 Å². The van der Waals surface area contributed by atoms with E-state index in [1.807, 2.05) is 0 Å². The van der Waals surface area contributed by atoms with Crippen LogP contribution in [-0.2, 0) is 4.79 Å². The molecule has 6 heteroatoms. The van der Waals surface area contributed by atoms with E-state index in [1.54, 1.807) is 31.3 Å². The van der Waals surface area contributed by atoms with Crippen molar-refractivity contribution in [2.24, 2.45) is 0 Å². The van der Waals surface area contributed by atoms with Crippen molar-refractivity contribution in [3.63, 3.8) is 0 Å². The topological polar surface area (TPSA) is 84.8 Å². The Kier molecular flexibility index (Phi) is 3.41. The number of aromatic amines is 1. The molecule has 2 aromatic heterocycles. The smallest absolute Gasteiger partial charge is 0.283 e. The van der Waals surface area contributed by atoms with Gasteiger partial charge < -0.3 is 0 Å². The van der Waals surface area contributed by atoms with Crippen LogP contribution in [0, 0.1) is 6.92 Å². The van der Waals surface area contributed by atoms with Crippen LogP contribution < -0.4 is 5.56 Å². The highest BCUT2D eigenvalue weighted by atomic mass is 16.2. The van der Waals surface area contributed by atoms with Crippen molar-refractivity contribution in [3.8, 4) is 5.82 Å². The number of Topliss-reactive ketones (excluding diaryl/α,β-unsaturated/α-hetero) is 2. The normalized spacial score (nSPS) is 10.4. The van der Waals surface area contributed by atoms with E-state index in [4.69, 9.17) is 0 Å². The summed E-state index contributed by atoms with van der Waals surface area (Å²) in [6, 6.07) is 5.12. The van der Waals surface area contributed by atoms with E-state index >= 15 is 0 Å². The van der Waals surface area contributed by atoms with Crippen LogP contribution >= 0.6 is 0 Å². The van der Waals surface area contributed by atoms with Crippen LogP contribution in [0.2, 0.25) is 0 Å². The molecule has 0 aromatic carbocycles. The molecule has 0 spiro atoms. The third kappa shape index (κ3) is 2.52. The first-order valence-electron chi connectivity index (χ1n) is 5.76. The fourth-order valence-corrected chi connectivity index (χ4v) is 1.84. The van der Waals surface area contributed by atoms with Gasteiger partial charge in [-0.1, -0.05) is 6.07 Å². The molecule has 0 unspecified atom stereocenters. The van der Waals surface area contributed by atoms with Gasteiger partial charge in [0.2, 0.25) is 0 Å². The van der Waals surface area contributed by atoms with Crippen LogP contribution in [0.25, 0.3) is 5.82 Å². The summed E-state index contributed by atoms with van der Waals surface area (Å²) in [5.74, 6) is -0.340. The van der Waals surface area contributed by atoms with Crippen molar-refractivity contribution >= 4 is 11.6 Å². The number of ketones is 2. The summed E-state index contributed by atoms with van der Waals surface area (Å²) in [6.45, 7) is 2.94. The first-order chi connectivity index (χ1) is 9.00. The Bertz CT molecular complexity index is 683. The Balaban J connectivity index is 2.50. The predicted molar refractivity (Wildman–Crippen MR) is 68.6 cm³/mol. The highest BCUT2D eigenvalue weighted by Crippen LogP contribution is 2.07. The monoisotopic (exact) mass is 259 g/mol. The molecule has 0 saturated carbocycles. The van der Waals surface area contributed by atoms with Gasteiger partial charge in [-0.15, -0.1) is 0 Å². The van der Waals surface area contributed by atoms with Gasteiger partial charge in [0.15, 0.2) is 11.6 Å². The van der Waals surface area contributed by atoms with E-state index in [0.29, 0.717) is 11.5 Å². The molecule has 0 fully saturated rings. The van der Waals surface area contributed by atoms with E-state index in [1.165, 1.54) is 11.6 Å². The van der Waals surface area contributed by atoms with Gasteiger partial charge >= 0.3 is 0 Å². The second-order valence-corrected chi connectivity index (χ2v) is 4.24. The Morgan fingerprint density at radius 3 is 2.68 bits per heavy atom. The lowest BCUT2D eigenvalue weighted by Crippen LogP contribution is -2.22. The molecule has 1 N–H and O–H groups in total. The SMILES string of the molecule is CC(=O)CC(=O)c1c(C)[nH]n(-c2ccccn2)c1=O. The van der Waals surface area contributed by atoms with Crippen LogP contribution in [0.3, 0.4) is 0 Å². The standard InChI is InChI=1S/C13H13N3O3/c1-8(17)7-10(18)12-9(2)15-16(13(12)19)11-5-3-4-6-14-11/h3-6,15H,7H2,1-2H3. The lowest BCUT2D eigenvalue weighted by molar-refractivity contribution is -0.116. The van der Waals surface area contributed by atoms with Crippen molar-refractivity contribution in [1.82, 2.24) is 14.8 Å². The zero-order chi connectivity index (χ0) is 14.0. The highest BCUT2D eigenvalue weighted by Gasteiger charge is 2.20. The Labute approximate surface area is 109 Å². The number of H-pyrrole nitrogens is 1. The van der Waals surface area contributed by atoms with Crippen molar-refractivity contribution < 1.29 is 9.59 Å². The number of hydrogen-bond donors (Lipinski definition) is 1. The van der Waals surface area contributed by atoms with Crippen molar-refractivity contribution in [1.29, 1.82) is 0 Å². The molecule has 0 aliphatic rings. The number of nitrogens with zero attached hydrogens (tertiary/aromatic N) is 2. The molecule has 0 amide bonds. The first-order valence-corrected chi connectivity index (χ1v) is 5.76. The van der Waals surface area contributed by atoms with Crippen molar-refractivity contribution in [2.45, 2.75) is 20.3 Å². The second-order valence-electron chi connectivity index (χ2n) is 4.24. The van der Waals surface area contributed by atoms with Gasteiger partial charge in [0, 0.05) is 11.9 Å². The van der Waals surface area contributed by atoms with Crippen molar-refractivity contribution in [3.05, 3.63) is 46.0 Å². The molecule has 0 saturated heterocycles. The molecule has 98 valence electrons. The third-order valence-electron chi connectivity index (χ3n) is 2.64. The molecule has 0 aliphatic heterocycles. The van der Waals surface area contributed by atoms with Gasteiger partial charge in [-0.3, -0.25) is 19.5 Å². The quantitative estimate of drug-likeness (QED) is 0.656. The Morgan fingerprint density at radius 1 is 1.37 bits per heavy atom. The average molecular weight is 259 g/mol. The zero-order valence-corrected chi connectivity index (χ0v) is 10.6. The minimum absolute atomic E-state index is 0.0147. The van der Waals surface area contributed by atoms with Gasteiger partial charge in [-0.25, -0.2) is 9.67 Å². The summed E-state index contributed by atoms with van der Waals surface area (Å²) < 4.78 is 1.20. The number of nitrogens with one attached hydrogen (secondary N) is 1. The van der Waals surface area contributed by atoms with E-state index in [0.717, 1.165) is 0 Å². The van der Waals surface area contributed by atoms with Gasteiger partial charge in [0.05, 0.1) is 6.42 Å². The number of aryl methyl sites for hydroxylation is 1. The molecule has 6 nitrogen and oxygen atoms in total. The molecule has 2 aromatic rings. The molecule has 0 atom stereocenters. The Hall–Kier alpha value is -2.50. The molecule has 2 rings (SSSR count). The summed E-state index contributed by atoms with van der Waals surface area (Å²) in [5, 5.41) is 2.79. The van der Waals surface area contributed by atoms with Gasteiger partial charge in [-0.05, 0) is 26.0 Å². The summed E-state index contributed by atoms with van der Waals surface area (Å²) in [4.78, 5) is 39.1. The minimum atomic E-state index is -0.484. The molecular weight excluding hydrogens is 246 g/mol. The number of hydrogen-bond acceptors (Lipinski definition) is 4. The fourth-order valence-electron chi connectivity index (χ4n) is 1.84. The third-order valence-corrected chi connectivity index (χ3v) is 2.64. The van der Waals surface area contributed by atoms with E-state index in [9.17, 15) is 14.4 Å². The second kappa shape index (κ2) is 5.01. The Morgan fingerprint density at radius 2 is 2.11 bits per heavy atom. The predicted octanol–water partition coefficient (Wildman–Crippen LogP) is 1.03. The maximum absolute atomic E-state index is 12.2. The van der Waals surface area contributed by atoms with Crippen LogP contribution in [0.15, 0.2) is 29.2 Å². The molecule has 0 radical (unpaired) electrons. The molecule has 19 heavy (non-hydrogen) atoms. The highest BCUT2D eigenvalue weighted by molar-refractivity contribution is 6.07. The number of pyridine rings is 1. The van der Waals surface area contributed by atoms with Crippen LogP contribution in [0.5, 0.6) is 0 Å². The van der Waals surface area contributed by atoms with Crippen molar-refractivity contribution in [2.75, 3.05) is 0 Å². The number of rotatable bonds is 4.